The molecule has 0 amide bonds. The molecule has 9 heteroatoms. The maximum absolute atomic E-state index is 13.8. The van der Waals surface area contributed by atoms with Gasteiger partial charge in [-0.05, 0) is 43.7 Å². The third kappa shape index (κ3) is 6.50. The van der Waals surface area contributed by atoms with Gasteiger partial charge in [0.05, 0.1) is 63.1 Å². The van der Waals surface area contributed by atoms with Crippen LogP contribution in [-0.2, 0) is 40.3 Å². The van der Waals surface area contributed by atoms with Crippen LogP contribution in [-0.4, -0.2) is 77.9 Å². The lowest BCUT2D eigenvalue weighted by molar-refractivity contribution is 0.0355. The molecular weight excluding hydrogens is 604 g/mol. The molecule has 48 heavy (non-hydrogen) atoms. The van der Waals surface area contributed by atoms with Crippen LogP contribution in [0.15, 0.2) is 72.8 Å². The van der Waals surface area contributed by atoms with Crippen LogP contribution in [0.25, 0.3) is 32.8 Å². The van der Waals surface area contributed by atoms with Crippen LogP contribution in [0.3, 0.4) is 0 Å². The van der Waals surface area contributed by atoms with Crippen molar-refractivity contribution in [3.05, 3.63) is 95.5 Å². The van der Waals surface area contributed by atoms with Crippen LogP contribution in [0.1, 0.15) is 40.8 Å². The SMILES string of the molecule is CCOC(=O)c1c(CCCOc2cccc3ccccc23)c2cccc3c2n1C/C=C\COCc1c-3c(C)nn1CCN1CCOCC1. The van der Waals surface area contributed by atoms with Crippen molar-refractivity contribution in [1.29, 1.82) is 0 Å². The first-order valence-electron chi connectivity index (χ1n) is 17.1. The number of nitrogens with zero attached hydrogens (tertiary/aromatic N) is 4. The molecule has 250 valence electrons. The fourth-order valence-electron chi connectivity index (χ4n) is 7.15. The van der Waals surface area contributed by atoms with Crippen molar-refractivity contribution in [2.24, 2.45) is 0 Å². The van der Waals surface area contributed by atoms with Gasteiger partial charge in [0.1, 0.15) is 11.4 Å². The fourth-order valence-corrected chi connectivity index (χ4v) is 7.15. The Balaban J connectivity index is 1.27. The first kappa shape index (κ1) is 32.1. The Hall–Kier alpha value is -4.44. The molecule has 2 aliphatic heterocycles. The quantitative estimate of drug-likeness (QED) is 0.0963. The molecule has 0 bridgehead atoms. The second-order valence-electron chi connectivity index (χ2n) is 12.4. The molecule has 0 spiro atoms. The van der Waals surface area contributed by atoms with Gasteiger partial charge in [-0.1, -0.05) is 66.7 Å². The highest BCUT2D eigenvalue weighted by molar-refractivity contribution is 6.05. The zero-order valence-electron chi connectivity index (χ0n) is 28.0. The molecule has 0 saturated carbocycles. The summed E-state index contributed by atoms with van der Waals surface area (Å²) in [4.78, 5) is 16.2. The molecule has 0 radical (unpaired) electrons. The normalized spacial score (nSPS) is 16.0. The number of hydrogen-bond acceptors (Lipinski definition) is 7. The van der Waals surface area contributed by atoms with Gasteiger partial charge < -0.3 is 23.5 Å². The number of fused-ring (bicyclic) bond motifs is 3. The van der Waals surface area contributed by atoms with E-state index < -0.39 is 0 Å². The van der Waals surface area contributed by atoms with E-state index in [2.05, 4.69) is 63.5 Å². The zero-order valence-corrected chi connectivity index (χ0v) is 28.0. The monoisotopic (exact) mass is 648 g/mol. The summed E-state index contributed by atoms with van der Waals surface area (Å²) >= 11 is 0. The summed E-state index contributed by atoms with van der Waals surface area (Å²) in [6, 6.07) is 20.8. The van der Waals surface area contributed by atoms with Gasteiger partial charge in [-0.3, -0.25) is 9.58 Å². The Morgan fingerprint density at radius 3 is 2.62 bits per heavy atom. The van der Waals surface area contributed by atoms with E-state index in [0.717, 1.165) is 101 Å². The number of rotatable bonds is 10. The van der Waals surface area contributed by atoms with E-state index >= 15 is 0 Å². The van der Waals surface area contributed by atoms with Gasteiger partial charge in [0.2, 0.25) is 0 Å². The average Bonchev–Trinajstić information content (AvgIpc) is 3.59. The highest BCUT2D eigenvalue weighted by atomic mass is 16.5. The second kappa shape index (κ2) is 14.8. The van der Waals surface area contributed by atoms with Crippen LogP contribution in [0.5, 0.6) is 5.75 Å². The molecule has 9 nitrogen and oxygen atoms in total. The van der Waals surface area contributed by atoms with Gasteiger partial charge in [0.15, 0.2) is 0 Å². The third-order valence-electron chi connectivity index (χ3n) is 9.38. The van der Waals surface area contributed by atoms with Gasteiger partial charge in [-0.25, -0.2) is 4.79 Å². The number of morpholine rings is 1. The van der Waals surface area contributed by atoms with E-state index in [4.69, 9.17) is 24.0 Å². The van der Waals surface area contributed by atoms with Gasteiger partial charge in [0, 0.05) is 48.1 Å². The van der Waals surface area contributed by atoms with Crippen LogP contribution in [0.4, 0.5) is 0 Å². The zero-order chi connectivity index (χ0) is 32.9. The largest absolute Gasteiger partial charge is 0.493 e. The number of ether oxygens (including phenoxy) is 4. The molecule has 1 saturated heterocycles. The van der Waals surface area contributed by atoms with Crippen LogP contribution in [0, 0.1) is 6.92 Å². The molecule has 2 aliphatic rings. The Kier molecular flexibility index (Phi) is 9.88. The number of allylic oxidation sites excluding steroid dienone is 1. The molecule has 0 N–H and O–H groups in total. The number of carbonyl (C=O) groups excluding carboxylic acids is 1. The summed E-state index contributed by atoms with van der Waals surface area (Å²) in [5, 5.41) is 8.36. The predicted molar refractivity (Wildman–Crippen MR) is 188 cm³/mol. The van der Waals surface area contributed by atoms with Gasteiger partial charge in [-0.15, -0.1) is 0 Å². The van der Waals surface area contributed by atoms with E-state index in [1.54, 1.807) is 0 Å². The molecule has 3 aromatic carbocycles. The molecule has 5 aromatic rings. The molecule has 0 aliphatic carbocycles. The van der Waals surface area contributed by atoms with Crippen molar-refractivity contribution in [1.82, 2.24) is 19.2 Å². The summed E-state index contributed by atoms with van der Waals surface area (Å²) in [7, 11) is 0. The van der Waals surface area contributed by atoms with Gasteiger partial charge in [-0.2, -0.15) is 5.10 Å². The van der Waals surface area contributed by atoms with E-state index in [1.165, 1.54) is 0 Å². The van der Waals surface area contributed by atoms with E-state index in [-0.39, 0.29) is 5.97 Å². The Morgan fingerprint density at radius 1 is 0.938 bits per heavy atom. The van der Waals surface area contributed by atoms with E-state index in [1.807, 2.05) is 37.3 Å². The van der Waals surface area contributed by atoms with Crippen LogP contribution >= 0.6 is 0 Å². The minimum atomic E-state index is -0.303. The van der Waals surface area contributed by atoms with Crippen LogP contribution < -0.4 is 4.74 Å². The van der Waals surface area contributed by atoms with Gasteiger partial charge in [0.25, 0.3) is 0 Å². The topological polar surface area (TPSA) is 80.0 Å². The molecule has 7 rings (SSSR count). The number of para-hydroxylation sites is 1. The minimum absolute atomic E-state index is 0.303. The lowest BCUT2D eigenvalue weighted by Crippen LogP contribution is -2.38. The maximum atomic E-state index is 13.8. The number of esters is 1. The number of aryl methyl sites for hydroxylation is 2. The fraction of sp³-hybridized carbons (Fsp3) is 0.385. The minimum Gasteiger partial charge on any atom is -0.493 e. The second-order valence-corrected chi connectivity index (χ2v) is 12.4. The van der Waals surface area contributed by atoms with Crippen molar-refractivity contribution < 1.29 is 23.7 Å². The molecule has 0 unspecified atom stereocenters. The Bertz CT molecular complexity index is 1930. The Labute approximate surface area is 281 Å². The highest BCUT2D eigenvalue weighted by Crippen LogP contribution is 2.39. The summed E-state index contributed by atoms with van der Waals surface area (Å²) in [6.45, 7) is 11.3. The van der Waals surface area contributed by atoms with Crippen molar-refractivity contribution in [3.63, 3.8) is 0 Å². The molecule has 1 fully saturated rings. The number of benzene rings is 3. The summed E-state index contributed by atoms with van der Waals surface area (Å²) in [5.41, 5.74) is 6.75. The first-order chi connectivity index (χ1) is 23.6. The molecular formula is C39H44N4O5. The number of aromatic nitrogens is 3. The molecule has 4 heterocycles. The lowest BCUT2D eigenvalue weighted by Gasteiger charge is -2.26. The van der Waals surface area contributed by atoms with E-state index in [9.17, 15) is 4.79 Å². The van der Waals surface area contributed by atoms with Gasteiger partial charge >= 0.3 is 5.97 Å². The summed E-state index contributed by atoms with van der Waals surface area (Å²) < 4.78 is 28.0. The van der Waals surface area contributed by atoms with E-state index in [0.29, 0.717) is 45.1 Å². The molecule has 2 aromatic heterocycles. The first-order valence-corrected chi connectivity index (χ1v) is 17.1. The van der Waals surface area contributed by atoms with Crippen molar-refractivity contribution in [2.75, 3.05) is 52.7 Å². The molecule has 0 atom stereocenters. The Morgan fingerprint density at radius 2 is 1.75 bits per heavy atom. The summed E-state index contributed by atoms with van der Waals surface area (Å²) in [5.74, 6) is 0.571. The maximum Gasteiger partial charge on any atom is 0.355 e. The van der Waals surface area contributed by atoms with Crippen LogP contribution in [0.2, 0.25) is 0 Å². The van der Waals surface area contributed by atoms with Crippen molar-refractivity contribution in [2.45, 2.75) is 46.4 Å². The van der Waals surface area contributed by atoms with Crippen molar-refractivity contribution >= 4 is 27.6 Å². The standard InChI is InChI=1S/C39H44N4O5/c1-3-47-39(44)38-32(16-10-24-48-35-17-8-12-29-11-4-5-13-30(29)35)31-14-9-15-33-36-28(2)40-43(20-19-41-21-25-45-26-22-41)34(36)27-46-23-7-6-18-42(38)37(31)33/h4-9,11-15,17H,3,10,16,18-27H2,1-2H3/b7-6-. The number of hydrogen-bond donors (Lipinski definition) is 0. The number of carbonyl (C=O) groups is 1. The smallest absolute Gasteiger partial charge is 0.355 e. The van der Waals surface area contributed by atoms with Crippen molar-refractivity contribution in [3.8, 4) is 16.9 Å². The third-order valence-corrected chi connectivity index (χ3v) is 9.38. The average molecular weight is 649 g/mol. The lowest BCUT2D eigenvalue weighted by atomic mass is 9.98. The predicted octanol–water partition coefficient (Wildman–Crippen LogP) is 6.57. The summed E-state index contributed by atoms with van der Waals surface area (Å²) in [6.07, 6.45) is 5.53. The highest BCUT2D eigenvalue weighted by Gasteiger charge is 2.28.